The molecule has 1 aliphatic rings. The van der Waals surface area contributed by atoms with E-state index in [4.69, 9.17) is 4.74 Å². The maximum atomic E-state index is 11.8. The fourth-order valence-corrected chi connectivity index (χ4v) is 2.24. The molecule has 3 N–H and O–H groups in total. The zero-order valence-electron chi connectivity index (χ0n) is 11.8. The minimum absolute atomic E-state index is 0.102. The largest absolute Gasteiger partial charge is 0.388 e. The maximum Gasteiger partial charge on any atom is 0.238 e. The van der Waals surface area contributed by atoms with Crippen LogP contribution in [0.1, 0.15) is 18.4 Å². The third-order valence-corrected chi connectivity index (χ3v) is 3.58. The Morgan fingerprint density at radius 1 is 1.35 bits per heavy atom. The molecule has 1 aliphatic heterocycles. The molecule has 1 aromatic rings. The van der Waals surface area contributed by atoms with Crippen LogP contribution in [0.5, 0.6) is 0 Å². The van der Waals surface area contributed by atoms with E-state index < -0.39 is 5.60 Å². The molecule has 5 heteroatoms. The highest BCUT2D eigenvalue weighted by molar-refractivity contribution is 5.92. The maximum absolute atomic E-state index is 11.8. The first-order valence-corrected chi connectivity index (χ1v) is 6.95. The molecule has 0 saturated carbocycles. The second kappa shape index (κ2) is 6.83. The van der Waals surface area contributed by atoms with Crippen molar-refractivity contribution < 1.29 is 14.6 Å². The quantitative estimate of drug-likeness (QED) is 0.753. The zero-order chi connectivity index (χ0) is 14.4. The van der Waals surface area contributed by atoms with Gasteiger partial charge in [-0.15, -0.1) is 0 Å². The Labute approximate surface area is 119 Å². The first kappa shape index (κ1) is 15.0. The summed E-state index contributed by atoms with van der Waals surface area (Å²) in [5, 5.41) is 16.1. The molecular formula is C15H22N2O3. The fraction of sp³-hybridized carbons (Fsp3) is 0.533. The van der Waals surface area contributed by atoms with Gasteiger partial charge in [0.05, 0.1) is 12.1 Å². The monoisotopic (exact) mass is 278 g/mol. The Hall–Kier alpha value is -1.43. The van der Waals surface area contributed by atoms with Crippen LogP contribution in [0.15, 0.2) is 24.3 Å². The predicted molar refractivity (Wildman–Crippen MR) is 77.7 cm³/mol. The molecule has 2 rings (SSSR count). The highest BCUT2D eigenvalue weighted by atomic mass is 16.5. The van der Waals surface area contributed by atoms with E-state index in [-0.39, 0.29) is 12.5 Å². The minimum Gasteiger partial charge on any atom is -0.388 e. The lowest BCUT2D eigenvalue weighted by molar-refractivity contribution is -0.115. The Kier molecular flexibility index (Phi) is 5.11. The van der Waals surface area contributed by atoms with E-state index in [2.05, 4.69) is 10.6 Å². The second-order valence-corrected chi connectivity index (χ2v) is 5.30. The standard InChI is InChI=1S/C15H22N2O3/c1-12-4-2-3-5-13(12)17-14(18)10-16-11-15(19)6-8-20-9-7-15/h2-5,16,19H,6-11H2,1H3,(H,17,18). The van der Waals surface area contributed by atoms with Crippen molar-refractivity contribution in [3.8, 4) is 0 Å². The number of carbonyl (C=O) groups is 1. The topological polar surface area (TPSA) is 70.6 Å². The van der Waals surface area contributed by atoms with Crippen molar-refractivity contribution in [2.75, 3.05) is 31.6 Å². The van der Waals surface area contributed by atoms with E-state index in [0.717, 1.165) is 11.3 Å². The van der Waals surface area contributed by atoms with E-state index in [1.54, 1.807) is 0 Å². The molecule has 20 heavy (non-hydrogen) atoms. The highest BCUT2D eigenvalue weighted by Gasteiger charge is 2.29. The van der Waals surface area contributed by atoms with Gasteiger partial charge in [0.15, 0.2) is 0 Å². The molecule has 0 bridgehead atoms. The van der Waals surface area contributed by atoms with Gasteiger partial charge in [0, 0.05) is 38.3 Å². The van der Waals surface area contributed by atoms with Gasteiger partial charge >= 0.3 is 0 Å². The van der Waals surface area contributed by atoms with Crippen molar-refractivity contribution in [1.29, 1.82) is 0 Å². The summed E-state index contributed by atoms with van der Waals surface area (Å²) in [6, 6.07) is 7.65. The average molecular weight is 278 g/mol. The Morgan fingerprint density at radius 3 is 2.75 bits per heavy atom. The number of nitrogens with one attached hydrogen (secondary N) is 2. The number of carbonyl (C=O) groups excluding carboxylic acids is 1. The number of hydrogen-bond acceptors (Lipinski definition) is 4. The number of anilines is 1. The summed E-state index contributed by atoms with van der Waals surface area (Å²) in [5.74, 6) is -0.102. The number of ether oxygens (including phenoxy) is 1. The lowest BCUT2D eigenvalue weighted by Gasteiger charge is -2.32. The fourth-order valence-electron chi connectivity index (χ4n) is 2.24. The SMILES string of the molecule is Cc1ccccc1NC(=O)CNCC1(O)CCOCC1. The molecule has 1 heterocycles. The van der Waals surface area contributed by atoms with Crippen molar-refractivity contribution in [2.24, 2.45) is 0 Å². The summed E-state index contributed by atoms with van der Waals surface area (Å²) in [6.45, 7) is 3.71. The first-order chi connectivity index (χ1) is 9.59. The van der Waals surface area contributed by atoms with Crippen molar-refractivity contribution in [1.82, 2.24) is 5.32 Å². The van der Waals surface area contributed by atoms with Gasteiger partial charge in [-0.05, 0) is 18.6 Å². The first-order valence-electron chi connectivity index (χ1n) is 6.95. The molecule has 1 aromatic carbocycles. The van der Waals surface area contributed by atoms with E-state index in [1.807, 2.05) is 31.2 Å². The van der Waals surface area contributed by atoms with Crippen LogP contribution >= 0.6 is 0 Å². The number of rotatable bonds is 5. The van der Waals surface area contributed by atoms with Gasteiger partial charge in [0.25, 0.3) is 0 Å². The van der Waals surface area contributed by atoms with E-state index in [9.17, 15) is 9.90 Å². The molecular weight excluding hydrogens is 256 g/mol. The number of benzene rings is 1. The molecule has 0 spiro atoms. The summed E-state index contributed by atoms with van der Waals surface area (Å²) in [6.07, 6.45) is 1.22. The predicted octanol–water partition coefficient (Wildman–Crippen LogP) is 1.06. The third kappa shape index (κ3) is 4.30. The molecule has 0 atom stereocenters. The van der Waals surface area contributed by atoms with Gasteiger partial charge < -0.3 is 20.5 Å². The van der Waals surface area contributed by atoms with Crippen LogP contribution in [0, 0.1) is 6.92 Å². The number of aryl methyl sites for hydroxylation is 1. The summed E-state index contributed by atoms with van der Waals surface area (Å²) in [4.78, 5) is 11.8. The Morgan fingerprint density at radius 2 is 2.05 bits per heavy atom. The smallest absolute Gasteiger partial charge is 0.238 e. The molecule has 0 unspecified atom stereocenters. The molecule has 5 nitrogen and oxygen atoms in total. The van der Waals surface area contributed by atoms with Crippen LogP contribution in [0.2, 0.25) is 0 Å². The number of aliphatic hydroxyl groups is 1. The second-order valence-electron chi connectivity index (χ2n) is 5.30. The minimum atomic E-state index is -0.749. The third-order valence-electron chi connectivity index (χ3n) is 3.58. The normalized spacial score (nSPS) is 17.7. The van der Waals surface area contributed by atoms with Crippen LogP contribution in [0.25, 0.3) is 0 Å². The molecule has 0 radical (unpaired) electrons. The van der Waals surface area contributed by atoms with Crippen molar-refractivity contribution in [3.05, 3.63) is 29.8 Å². The summed E-state index contributed by atoms with van der Waals surface area (Å²) in [5.41, 5.74) is 1.11. The number of amides is 1. The van der Waals surface area contributed by atoms with Crippen LogP contribution in [0.3, 0.4) is 0 Å². The zero-order valence-corrected chi connectivity index (χ0v) is 11.8. The van der Waals surface area contributed by atoms with Gasteiger partial charge in [-0.2, -0.15) is 0 Å². The molecule has 0 aliphatic carbocycles. The van der Waals surface area contributed by atoms with Gasteiger partial charge in [-0.25, -0.2) is 0 Å². The molecule has 110 valence electrons. The molecule has 1 fully saturated rings. The molecule has 1 amide bonds. The van der Waals surface area contributed by atoms with Crippen LogP contribution < -0.4 is 10.6 Å². The Bertz CT molecular complexity index is 456. The van der Waals surface area contributed by atoms with Crippen LogP contribution in [0.4, 0.5) is 5.69 Å². The highest BCUT2D eigenvalue weighted by Crippen LogP contribution is 2.19. The Balaban J connectivity index is 1.74. The van der Waals surface area contributed by atoms with E-state index in [1.165, 1.54) is 0 Å². The van der Waals surface area contributed by atoms with Crippen molar-refractivity contribution in [2.45, 2.75) is 25.4 Å². The summed E-state index contributed by atoms with van der Waals surface area (Å²) in [7, 11) is 0. The molecule has 0 aromatic heterocycles. The van der Waals surface area contributed by atoms with Gasteiger partial charge in [0.1, 0.15) is 0 Å². The van der Waals surface area contributed by atoms with Crippen LogP contribution in [-0.4, -0.2) is 42.9 Å². The van der Waals surface area contributed by atoms with Crippen LogP contribution in [-0.2, 0) is 9.53 Å². The van der Waals surface area contributed by atoms with Gasteiger partial charge in [-0.1, -0.05) is 18.2 Å². The van der Waals surface area contributed by atoms with Crippen molar-refractivity contribution >= 4 is 11.6 Å². The lowest BCUT2D eigenvalue weighted by atomic mass is 9.94. The lowest BCUT2D eigenvalue weighted by Crippen LogP contribution is -2.46. The summed E-state index contributed by atoms with van der Waals surface area (Å²) >= 11 is 0. The van der Waals surface area contributed by atoms with Gasteiger partial charge in [-0.3, -0.25) is 4.79 Å². The average Bonchev–Trinajstić information content (AvgIpc) is 2.42. The number of para-hydroxylation sites is 1. The molecule has 1 saturated heterocycles. The summed E-state index contributed by atoms with van der Waals surface area (Å²) < 4.78 is 5.22. The van der Waals surface area contributed by atoms with Crippen molar-refractivity contribution in [3.63, 3.8) is 0 Å². The van der Waals surface area contributed by atoms with E-state index >= 15 is 0 Å². The van der Waals surface area contributed by atoms with Gasteiger partial charge in [0.2, 0.25) is 5.91 Å². The van der Waals surface area contributed by atoms with E-state index in [0.29, 0.717) is 32.6 Å². The number of hydrogen-bond donors (Lipinski definition) is 3.